The number of halogens is 2. The molecule has 156 valence electrons. The molecule has 3 aromatic carbocycles. The maximum atomic E-state index is 13.4. The summed E-state index contributed by atoms with van der Waals surface area (Å²) < 4.78 is 5.18. The highest BCUT2D eigenvalue weighted by Gasteiger charge is 2.40. The number of carbonyl (C=O) groups is 2. The van der Waals surface area contributed by atoms with Gasteiger partial charge in [-0.25, -0.2) is 4.90 Å². The Morgan fingerprint density at radius 3 is 2.26 bits per heavy atom. The quantitative estimate of drug-likeness (QED) is 0.503. The van der Waals surface area contributed by atoms with Crippen LogP contribution in [0.15, 0.2) is 72.4 Å². The molecule has 7 heteroatoms. The summed E-state index contributed by atoms with van der Waals surface area (Å²) in [6.07, 6.45) is 0. The predicted octanol–water partition coefficient (Wildman–Crippen LogP) is 5.71. The molecule has 1 heterocycles. The maximum absolute atomic E-state index is 13.4. The standard InChI is InChI=1S/C24H18Cl2N2O3/c1-14-8-10-17(13-18(14)25)28-23(29)21(15-6-4-3-5-7-15)22(24(28)30)27-16-9-11-20(31-2)19(26)12-16/h3-13,27H,1-2H3. The molecule has 31 heavy (non-hydrogen) atoms. The molecule has 0 fully saturated rings. The first-order chi connectivity index (χ1) is 14.9. The third-order valence-corrected chi connectivity index (χ3v) is 5.68. The molecule has 5 nitrogen and oxygen atoms in total. The van der Waals surface area contributed by atoms with Crippen molar-refractivity contribution in [1.82, 2.24) is 0 Å². The molecule has 3 aromatic rings. The number of anilines is 2. The van der Waals surface area contributed by atoms with Gasteiger partial charge < -0.3 is 10.1 Å². The van der Waals surface area contributed by atoms with Crippen molar-refractivity contribution in [1.29, 1.82) is 0 Å². The first-order valence-electron chi connectivity index (χ1n) is 9.46. The summed E-state index contributed by atoms with van der Waals surface area (Å²) in [4.78, 5) is 27.9. The number of amides is 2. The lowest BCUT2D eigenvalue weighted by molar-refractivity contribution is -0.120. The van der Waals surface area contributed by atoms with Crippen LogP contribution in [0.2, 0.25) is 10.0 Å². The van der Waals surface area contributed by atoms with E-state index in [0.29, 0.717) is 32.7 Å². The van der Waals surface area contributed by atoms with Crippen LogP contribution < -0.4 is 15.0 Å². The van der Waals surface area contributed by atoms with Gasteiger partial charge in [0.1, 0.15) is 11.4 Å². The van der Waals surface area contributed by atoms with Gasteiger partial charge in [0.15, 0.2) is 0 Å². The number of carbonyl (C=O) groups excluding carboxylic acids is 2. The van der Waals surface area contributed by atoms with Gasteiger partial charge in [-0.15, -0.1) is 0 Å². The number of aryl methyl sites for hydroxylation is 1. The van der Waals surface area contributed by atoms with E-state index in [0.717, 1.165) is 10.5 Å². The zero-order valence-corrected chi connectivity index (χ0v) is 18.3. The SMILES string of the molecule is COc1ccc(NC2=C(c3ccccc3)C(=O)N(c3ccc(C)c(Cl)c3)C2=O)cc1Cl. The van der Waals surface area contributed by atoms with Gasteiger partial charge in [-0.1, -0.05) is 59.6 Å². The monoisotopic (exact) mass is 452 g/mol. The minimum atomic E-state index is -0.476. The summed E-state index contributed by atoms with van der Waals surface area (Å²) in [6.45, 7) is 1.85. The lowest BCUT2D eigenvalue weighted by atomic mass is 10.0. The Bertz CT molecular complexity index is 1220. The maximum Gasteiger partial charge on any atom is 0.282 e. The van der Waals surface area contributed by atoms with Crippen LogP contribution in [-0.2, 0) is 9.59 Å². The Balaban J connectivity index is 1.80. The van der Waals surface area contributed by atoms with Gasteiger partial charge in [-0.05, 0) is 48.4 Å². The van der Waals surface area contributed by atoms with E-state index in [1.807, 2.05) is 25.1 Å². The molecule has 2 amide bonds. The molecule has 1 N–H and O–H groups in total. The van der Waals surface area contributed by atoms with Crippen LogP contribution in [0.25, 0.3) is 5.57 Å². The topological polar surface area (TPSA) is 58.6 Å². The molecular formula is C24H18Cl2N2O3. The van der Waals surface area contributed by atoms with Crippen LogP contribution in [0.1, 0.15) is 11.1 Å². The van der Waals surface area contributed by atoms with Gasteiger partial charge in [0.25, 0.3) is 11.8 Å². The van der Waals surface area contributed by atoms with Crippen LogP contribution >= 0.6 is 23.2 Å². The second kappa shape index (κ2) is 8.46. The van der Waals surface area contributed by atoms with Gasteiger partial charge in [-0.3, -0.25) is 9.59 Å². The fraction of sp³-hybridized carbons (Fsp3) is 0.0833. The molecule has 0 aromatic heterocycles. The van der Waals surface area contributed by atoms with E-state index in [4.69, 9.17) is 27.9 Å². The summed E-state index contributed by atoms with van der Waals surface area (Å²) in [5, 5.41) is 3.94. The number of imide groups is 1. The predicted molar refractivity (Wildman–Crippen MR) is 124 cm³/mol. The van der Waals surface area contributed by atoms with Crippen molar-refractivity contribution in [2.45, 2.75) is 6.92 Å². The minimum absolute atomic E-state index is 0.161. The molecule has 1 aliphatic rings. The fourth-order valence-electron chi connectivity index (χ4n) is 3.36. The normalized spacial score (nSPS) is 13.7. The molecule has 0 bridgehead atoms. The fourth-order valence-corrected chi connectivity index (χ4v) is 3.79. The molecule has 0 radical (unpaired) electrons. The highest BCUT2D eigenvalue weighted by atomic mass is 35.5. The minimum Gasteiger partial charge on any atom is -0.495 e. The highest BCUT2D eigenvalue weighted by molar-refractivity contribution is 6.46. The molecule has 0 spiro atoms. The van der Waals surface area contributed by atoms with Crippen molar-refractivity contribution >= 4 is 52.0 Å². The molecule has 1 aliphatic heterocycles. The number of rotatable bonds is 5. The number of nitrogens with zero attached hydrogens (tertiary/aromatic N) is 1. The van der Waals surface area contributed by atoms with E-state index >= 15 is 0 Å². The van der Waals surface area contributed by atoms with Gasteiger partial charge in [0, 0.05) is 10.7 Å². The van der Waals surface area contributed by atoms with Crippen molar-refractivity contribution in [2.75, 3.05) is 17.3 Å². The second-order valence-corrected chi connectivity index (χ2v) is 7.78. The largest absolute Gasteiger partial charge is 0.495 e. The first kappa shape index (κ1) is 21.0. The number of methoxy groups -OCH3 is 1. The number of hydrogen-bond acceptors (Lipinski definition) is 4. The molecule has 0 unspecified atom stereocenters. The number of hydrogen-bond donors (Lipinski definition) is 1. The molecule has 0 atom stereocenters. The van der Waals surface area contributed by atoms with E-state index in [1.165, 1.54) is 7.11 Å². The zero-order chi connectivity index (χ0) is 22.1. The average Bonchev–Trinajstić information content (AvgIpc) is 3.00. The van der Waals surface area contributed by atoms with Crippen LogP contribution in [0.3, 0.4) is 0 Å². The average molecular weight is 453 g/mol. The summed E-state index contributed by atoms with van der Waals surface area (Å²) in [5.41, 5.74) is 2.88. The van der Waals surface area contributed by atoms with Gasteiger partial charge >= 0.3 is 0 Å². The molecular weight excluding hydrogens is 435 g/mol. The van der Waals surface area contributed by atoms with E-state index in [-0.39, 0.29) is 11.3 Å². The smallest absolute Gasteiger partial charge is 0.282 e. The van der Waals surface area contributed by atoms with Crippen molar-refractivity contribution in [3.05, 3.63) is 93.6 Å². The van der Waals surface area contributed by atoms with Crippen LogP contribution in [-0.4, -0.2) is 18.9 Å². The summed E-state index contributed by atoms with van der Waals surface area (Å²) in [6, 6.07) is 19.2. The molecule has 0 aliphatic carbocycles. The van der Waals surface area contributed by atoms with Crippen LogP contribution in [0.4, 0.5) is 11.4 Å². The number of ether oxygens (including phenoxy) is 1. The van der Waals surface area contributed by atoms with E-state index in [1.54, 1.807) is 48.5 Å². The Morgan fingerprint density at radius 2 is 1.61 bits per heavy atom. The molecule has 0 saturated carbocycles. The summed E-state index contributed by atoms with van der Waals surface area (Å²) in [5.74, 6) is -0.400. The summed E-state index contributed by atoms with van der Waals surface area (Å²) in [7, 11) is 1.52. The lowest BCUT2D eigenvalue weighted by Crippen LogP contribution is -2.32. The van der Waals surface area contributed by atoms with E-state index < -0.39 is 11.8 Å². The van der Waals surface area contributed by atoms with Gasteiger partial charge in [-0.2, -0.15) is 0 Å². The Kier molecular flexibility index (Phi) is 5.72. The zero-order valence-electron chi connectivity index (χ0n) is 16.8. The van der Waals surface area contributed by atoms with Gasteiger partial charge in [0.2, 0.25) is 0 Å². The number of nitrogens with one attached hydrogen (secondary N) is 1. The third-order valence-electron chi connectivity index (χ3n) is 4.98. The Labute approximate surface area is 189 Å². The third kappa shape index (κ3) is 3.90. The van der Waals surface area contributed by atoms with E-state index in [9.17, 15) is 9.59 Å². The van der Waals surface area contributed by atoms with Crippen LogP contribution in [0, 0.1) is 6.92 Å². The van der Waals surface area contributed by atoms with Crippen molar-refractivity contribution < 1.29 is 14.3 Å². The molecule has 4 rings (SSSR count). The first-order valence-corrected chi connectivity index (χ1v) is 10.2. The van der Waals surface area contributed by atoms with Crippen molar-refractivity contribution in [2.24, 2.45) is 0 Å². The van der Waals surface area contributed by atoms with E-state index in [2.05, 4.69) is 5.32 Å². The highest BCUT2D eigenvalue weighted by Crippen LogP contribution is 2.36. The lowest BCUT2D eigenvalue weighted by Gasteiger charge is -2.16. The Morgan fingerprint density at radius 1 is 0.871 bits per heavy atom. The van der Waals surface area contributed by atoms with Crippen molar-refractivity contribution in [3.8, 4) is 5.75 Å². The second-order valence-electron chi connectivity index (χ2n) is 6.97. The van der Waals surface area contributed by atoms with Gasteiger partial charge in [0.05, 0.1) is 23.4 Å². The summed E-state index contributed by atoms with van der Waals surface area (Å²) >= 11 is 12.5. The van der Waals surface area contributed by atoms with Crippen LogP contribution in [0.5, 0.6) is 5.75 Å². The number of benzene rings is 3. The Hall–Kier alpha value is -3.28. The molecule has 0 saturated heterocycles. The van der Waals surface area contributed by atoms with Crippen molar-refractivity contribution in [3.63, 3.8) is 0 Å².